The number of hydrogen-bond donors (Lipinski definition) is 0. The van der Waals surface area contributed by atoms with Crippen LogP contribution in [0, 0.1) is 5.41 Å². The van der Waals surface area contributed by atoms with Gasteiger partial charge < -0.3 is 14.2 Å². The Kier molecular flexibility index (Phi) is 5.58. The summed E-state index contributed by atoms with van der Waals surface area (Å²) in [5.41, 5.74) is 0.222. The van der Waals surface area contributed by atoms with Gasteiger partial charge in [-0.3, -0.25) is 4.90 Å². The highest BCUT2D eigenvalue weighted by Gasteiger charge is 2.48. The lowest BCUT2D eigenvalue weighted by molar-refractivity contribution is -0.0656. The first-order valence-corrected chi connectivity index (χ1v) is 9.54. The van der Waals surface area contributed by atoms with Gasteiger partial charge in [-0.15, -0.1) is 11.3 Å². The molecule has 1 fully saturated rings. The summed E-state index contributed by atoms with van der Waals surface area (Å²) >= 11 is 1.81. The number of methoxy groups -OCH3 is 1. The molecule has 1 atom stereocenters. The van der Waals surface area contributed by atoms with Crippen LogP contribution in [-0.2, 0) is 24.4 Å². The zero-order chi connectivity index (χ0) is 18.0. The molecule has 2 aromatic rings. The minimum Gasteiger partial charge on any atom is -0.383 e. The van der Waals surface area contributed by atoms with Crippen molar-refractivity contribution in [1.29, 1.82) is 0 Å². The molecule has 0 aliphatic carbocycles. The van der Waals surface area contributed by atoms with Gasteiger partial charge in [-0.25, -0.2) is 9.97 Å². The maximum Gasteiger partial charge on any atom is 0.126 e. The molecular formula is C18H29N5OS. The third kappa shape index (κ3) is 4.11. The first-order chi connectivity index (χ1) is 11.9. The molecule has 1 unspecified atom stereocenters. The third-order valence-corrected chi connectivity index (χ3v) is 5.62. The van der Waals surface area contributed by atoms with Crippen molar-refractivity contribution in [2.75, 3.05) is 34.4 Å². The molecule has 0 aromatic carbocycles. The molecule has 0 N–H and O–H groups in total. The molecule has 138 valence electrons. The highest BCUT2D eigenvalue weighted by molar-refractivity contribution is 7.11. The van der Waals surface area contributed by atoms with Crippen LogP contribution in [0.15, 0.2) is 18.6 Å². The number of nitrogens with zero attached hydrogens (tertiary/aromatic N) is 5. The molecule has 0 bridgehead atoms. The maximum absolute atomic E-state index is 5.24. The number of hydrogen-bond acceptors (Lipinski definition) is 6. The van der Waals surface area contributed by atoms with Gasteiger partial charge in [-0.05, 0) is 14.1 Å². The second-order valence-electron chi connectivity index (χ2n) is 7.73. The molecule has 7 heteroatoms. The van der Waals surface area contributed by atoms with E-state index < -0.39 is 0 Å². The number of aromatic nitrogens is 3. The minimum atomic E-state index is 0.222. The minimum absolute atomic E-state index is 0.222. The Morgan fingerprint density at radius 3 is 2.84 bits per heavy atom. The molecule has 1 aliphatic rings. The summed E-state index contributed by atoms with van der Waals surface area (Å²) in [6.07, 6.45) is 5.97. The van der Waals surface area contributed by atoms with Crippen LogP contribution in [0.4, 0.5) is 0 Å². The lowest BCUT2D eigenvalue weighted by Gasteiger charge is -2.53. The van der Waals surface area contributed by atoms with Gasteiger partial charge >= 0.3 is 0 Å². The third-order valence-electron chi connectivity index (χ3n) is 4.66. The summed E-state index contributed by atoms with van der Waals surface area (Å²) in [5, 5.41) is 1.19. The van der Waals surface area contributed by atoms with Crippen molar-refractivity contribution in [3.8, 4) is 0 Å². The SMILES string of the molecule is COCCn1ccnc1C1N(Cc2ncc(CN(C)C)s2)CC1(C)C. The predicted octanol–water partition coefficient (Wildman–Crippen LogP) is 2.63. The highest BCUT2D eigenvalue weighted by Crippen LogP contribution is 2.48. The van der Waals surface area contributed by atoms with E-state index in [0.29, 0.717) is 12.6 Å². The molecule has 3 heterocycles. The van der Waals surface area contributed by atoms with E-state index >= 15 is 0 Å². The average Bonchev–Trinajstić information content (AvgIpc) is 3.13. The maximum atomic E-state index is 5.24. The van der Waals surface area contributed by atoms with Gasteiger partial charge in [0.25, 0.3) is 0 Å². The van der Waals surface area contributed by atoms with E-state index in [1.807, 2.05) is 23.7 Å². The van der Waals surface area contributed by atoms with E-state index in [2.05, 4.69) is 58.5 Å². The standard InChI is InChI=1S/C18H29N5OS/c1-18(2)13-23(12-15-20-10-14(25-15)11-21(3)4)16(18)17-19-6-7-22(17)8-9-24-5/h6-7,10,16H,8-9,11-13H2,1-5H3. The summed E-state index contributed by atoms with van der Waals surface area (Å²) in [7, 11) is 5.92. The van der Waals surface area contributed by atoms with Gasteiger partial charge in [0.15, 0.2) is 0 Å². The lowest BCUT2D eigenvalue weighted by Crippen LogP contribution is -2.55. The smallest absolute Gasteiger partial charge is 0.126 e. The normalized spacial score (nSPS) is 20.2. The molecule has 0 radical (unpaired) electrons. The van der Waals surface area contributed by atoms with Gasteiger partial charge in [0.1, 0.15) is 10.8 Å². The first kappa shape index (κ1) is 18.5. The second kappa shape index (κ2) is 7.53. The van der Waals surface area contributed by atoms with Crippen molar-refractivity contribution in [3.05, 3.63) is 34.3 Å². The molecular weight excluding hydrogens is 334 g/mol. The number of rotatable bonds is 8. The van der Waals surface area contributed by atoms with Crippen LogP contribution in [0.25, 0.3) is 0 Å². The number of ether oxygens (including phenoxy) is 1. The Morgan fingerprint density at radius 2 is 2.16 bits per heavy atom. The van der Waals surface area contributed by atoms with Crippen LogP contribution in [0.1, 0.15) is 35.6 Å². The fraction of sp³-hybridized carbons (Fsp3) is 0.667. The highest BCUT2D eigenvalue weighted by atomic mass is 32.1. The van der Waals surface area contributed by atoms with E-state index in [1.54, 1.807) is 7.11 Å². The van der Waals surface area contributed by atoms with Crippen molar-refractivity contribution >= 4 is 11.3 Å². The van der Waals surface area contributed by atoms with Crippen molar-refractivity contribution in [2.45, 2.75) is 39.5 Å². The van der Waals surface area contributed by atoms with Crippen LogP contribution < -0.4 is 0 Å². The van der Waals surface area contributed by atoms with Crippen molar-refractivity contribution in [3.63, 3.8) is 0 Å². The molecule has 3 rings (SSSR count). The molecule has 2 aromatic heterocycles. The zero-order valence-corrected chi connectivity index (χ0v) is 16.7. The van der Waals surface area contributed by atoms with Gasteiger partial charge in [0.05, 0.1) is 19.2 Å². The van der Waals surface area contributed by atoms with E-state index in [-0.39, 0.29) is 5.41 Å². The molecule has 1 saturated heterocycles. The largest absolute Gasteiger partial charge is 0.383 e. The van der Waals surface area contributed by atoms with Crippen LogP contribution >= 0.6 is 11.3 Å². The molecule has 0 amide bonds. The monoisotopic (exact) mass is 363 g/mol. The zero-order valence-electron chi connectivity index (χ0n) is 15.9. The Balaban J connectivity index is 1.72. The first-order valence-electron chi connectivity index (χ1n) is 8.73. The van der Waals surface area contributed by atoms with Crippen LogP contribution in [0.3, 0.4) is 0 Å². The van der Waals surface area contributed by atoms with Crippen molar-refractivity contribution < 1.29 is 4.74 Å². The summed E-state index contributed by atoms with van der Waals surface area (Å²) in [6, 6.07) is 0.320. The van der Waals surface area contributed by atoms with Gasteiger partial charge in [-0.2, -0.15) is 0 Å². The van der Waals surface area contributed by atoms with E-state index in [0.717, 1.165) is 32.0 Å². The van der Waals surface area contributed by atoms with E-state index in [4.69, 9.17) is 4.74 Å². The predicted molar refractivity (Wildman–Crippen MR) is 101 cm³/mol. The van der Waals surface area contributed by atoms with Gasteiger partial charge in [0, 0.05) is 55.6 Å². The van der Waals surface area contributed by atoms with Crippen LogP contribution in [0.2, 0.25) is 0 Å². The number of imidazole rings is 1. The van der Waals surface area contributed by atoms with Gasteiger partial charge in [0.2, 0.25) is 0 Å². The molecule has 1 aliphatic heterocycles. The second-order valence-corrected chi connectivity index (χ2v) is 8.93. The molecule has 0 spiro atoms. The number of thiazole rings is 1. The lowest BCUT2D eigenvalue weighted by atomic mass is 9.74. The van der Waals surface area contributed by atoms with Gasteiger partial charge in [-0.1, -0.05) is 13.8 Å². The average molecular weight is 364 g/mol. The quantitative estimate of drug-likeness (QED) is 0.721. The Bertz CT molecular complexity index is 693. The van der Waals surface area contributed by atoms with E-state index in [9.17, 15) is 0 Å². The summed E-state index contributed by atoms with van der Waals surface area (Å²) in [6.45, 7) is 9.10. The fourth-order valence-corrected chi connectivity index (χ4v) is 4.74. The van der Waals surface area contributed by atoms with Crippen molar-refractivity contribution in [2.24, 2.45) is 5.41 Å². The Labute approximate surface area is 154 Å². The summed E-state index contributed by atoms with van der Waals surface area (Å²) in [5.74, 6) is 1.14. The number of likely N-dealkylation sites (tertiary alicyclic amines) is 1. The van der Waals surface area contributed by atoms with Crippen LogP contribution in [-0.4, -0.2) is 58.7 Å². The fourth-order valence-electron chi connectivity index (χ4n) is 3.67. The van der Waals surface area contributed by atoms with E-state index in [1.165, 1.54) is 9.88 Å². The summed E-state index contributed by atoms with van der Waals surface area (Å²) in [4.78, 5) is 15.3. The van der Waals surface area contributed by atoms with Crippen molar-refractivity contribution in [1.82, 2.24) is 24.3 Å². The Hall–Kier alpha value is -1.28. The molecule has 6 nitrogen and oxygen atoms in total. The Morgan fingerprint density at radius 1 is 1.36 bits per heavy atom. The van der Waals surface area contributed by atoms with Crippen LogP contribution in [0.5, 0.6) is 0 Å². The topological polar surface area (TPSA) is 46.4 Å². The molecule has 0 saturated carbocycles. The summed E-state index contributed by atoms with van der Waals surface area (Å²) < 4.78 is 7.46. The molecule has 25 heavy (non-hydrogen) atoms.